The topological polar surface area (TPSA) is 57.8 Å². The van der Waals surface area contributed by atoms with Crippen molar-refractivity contribution in [1.82, 2.24) is 10.2 Å². The Labute approximate surface area is 141 Å². The SMILES string of the molecule is O=C(Cc1ccc2ccccc2c1)Nc1cc(C2CCCC2)[nH]n1. The molecule has 0 unspecified atom stereocenters. The summed E-state index contributed by atoms with van der Waals surface area (Å²) in [4.78, 5) is 12.3. The van der Waals surface area contributed by atoms with Crippen LogP contribution < -0.4 is 5.32 Å². The molecule has 2 N–H and O–H groups in total. The molecule has 4 nitrogen and oxygen atoms in total. The van der Waals surface area contributed by atoms with Crippen LogP contribution in [-0.4, -0.2) is 16.1 Å². The number of carbonyl (C=O) groups excluding carboxylic acids is 1. The number of benzene rings is 2. The number of hydrogen-bond acceptors (Lipinski definition) is 2. The number of rotatable bonds is 4. The van der Waals surface area contributed by atoms with Gasteiger partial charge >= 0.3 is 0 Å². The molecule has 1 fully saturated rings. The maximum atomic E-state index is 12.3. The summed E-state index contributed by atoms with van der Waals surface area (Å²) >= 11 is 0. The Balaban J connectivity index is 1.42. The molecule has 1 aromatic heterocycles. The highest BCUT2D eigenvalue weighted by Crippen LogP contribution is 2.33. The van der Waals surface area contributed by atoms with Crippen molar-refractivity contribution in [3.05, 3.63) is 59.8 Å². The third-order valence-electron chi connectivity index (χ3n) is 4.84. The van der Waals surface area contributed by atoms with Crippen LogP contribution in [0.25, 0.3) is 10.8 Å². The molecular weight excluding hydrogens is 298 g/mol. The largest absolute Gasteiger partial charge is 0.309 e. The van der Waals surface area contributed by atoms with Crippen LogP contribution in [0.3, 0.4) is 0 Å². The Bertz CT molecular complexity index is 862. The molecule has 0 bridgehead atoms. The predicted molar refractivity (Wildman–Crippen MR) is 96.1 cm³/mol. The van der Waals surface area contributed by atoms with E-state index in [0.717, 1.165) is 16.6 Å². The number of H-pyrrole nitrogens is 1. The summed E-state index contributed by atoms with van der Waals surface area (Å²) in [5, 5.41) is 12.6. The van der Waals surface area contributed by atoms with Gasteiger partial charge in [0, 0.05) is 17.7 Å². The number of nitrogens with zero attached hydrogens (tertiary/aromatic N) is 1. The van der Waals surface area contributed by atoms with Crippen molar-refractivity contribution >= 4 is 22.5 Å². The van der Waals surface area contributed by atoms with Crippen LogP contribution in [0.15, 0.2) is 48.5 Å². The fraction of sp³-hybridized carbons (Fsp3) is 0.300. The van der Waals surface area contributed by atoms with Gasteiger partial charge in [-0.2, -0.15) is 5.10 Å². The summed E-state index contributed by atoms with van der Waals surface area (Å²) in [5.41, 5.74) is 2.16. The number of fused-ring (bicyclic) bond motifs is 1. The van der Waals surface area contributed by atoms with E-state index in [4.69, 9.17) is 0 Å². The van der Waals surface area contributed by atoms with Crippen LogP contribution in [0.5, 0.6) is 0 Å². The first-order valence-electron chi connectivity index (χ1n) is 8.61. The zero-order valence-electron chi connectivity index (χ0n) is 13.6. The molecule has 0 aliphatic heterocycles. The highest BCUT2D eigenvalue weighted by atomic mass is 16.1. The van der Waals surface area contributed by atoms with Crippen LogP contribution >= 0.6 is 0 Å². The number of anilines is 1. The summed E-state index contributed by atoms with van der Waals surface area (Å²) in [6.45, 7) is 0. The fourth-order valence-electron chi connectivity index (χ4n) is 3.57. The monoisotopic (exact) mass is 319 g/mol. The van der Waals surface area contributed by atoms with Gasteiger partial charge in [0.15, 0.2) is 5.82 Å². The lowest BCUT2D eigenvalue weighted by molar-refractivity contribution is -0.115. The van der Waals surface area contributed by atoms with E-state index >= 15 is 0 Å². The molecule has 4 heteroatoms. The van der Waals surface area contributed by atoms with Gasteiger partial charge in [-0.05, 0) is 29.2 Å². The normalized spacial score (nSPS) is 15.0. The molecule has 1 saturated carbocycles. The molecule has 1 aliphatic carbocycles. The quantitative estimate of drug-likeness (QED) is 0.748. The molecule has 122 valence electrons. The molecule has 1 heterocycles. The first kappa shape index (κ1) is 14.9. The van der Waals surface area contributed by atoms with Gasteiger partial charge in [0.05, 0.1) is 6.42 Å². The number of aromatic amines is 1. The summed E-state index contributed by atoms with van der Waals surface area (Å²) in [7, 11) is 0. The molecule has 3 aromatic rings. The predicted octanol–water partition coefficient (Wildman–Crippen LogP) is 4.40. The van der Waals surface area contributed by atoms with E-state index in [1.165, 1.54) is 31.1 Å². The number of carbonyl (C=O) groups is 1. The first-order valence-corrected chi connectivity index (χ1v) is 8.61. The Morgan fingerprint density at radius 2 is 1.88 bits per heavy atom. The van der Waals surface area contributed by atoms with E-state index in [-0.39, 0.29) is 5.91 Å². The van der Waals surface area contributed by atoms with Gasteiger partial charge < -0.3 is 5.32 Å². The minimum absolute atomic E-state index is 0.0326. The zero-order chi connectivity index (χ0) is 16.4. The van der Waals surface area contributed by atoms with Crippen molar-refractivity contribution in [2.24, 2.45) is 0 Å². The summed E-state index contributed by atoms with van der Waals surface area (Å²) < 4.78 is 0. The molecule has 1 amide bonds. The maximum absolute atomic E-state index is 12.3. The Hall–Kier alpha value is -2.62. The summed E-state index contributed by atoms with van der Waals surface area (Å²) in [6.07, 6.45) is 5.36. The van der Waals surface area contributed by atoms with Gasteiger partial charge in [0.25, 0.3) is 0 Å². The zero-order valence-corrected chi connectivity index (χ0v) is 13.6. The van der Waals surface area contributed by atoms with E-state index in [0.29, 0.717) is 18.2 Å². The number of hydrogen-bond donors (Lipinski definition) is 2. The summed E-state index contributed by atoms with van der Waals surface area (Å²) in [6, 6.07) is 16.3. The molecule has 2 aromatic carbocycles. The van der Waals surface area contributed by atoms with Crippen molar-refractivity contribution < 1.29 is 4.79 Å². The van der Waals surface area contributed by atoms with Gasteiger partial charge in [-0.1, -0.05) is 55.3 Å². The van der Waals surface area contributed by atoms with Crippen LogP contribution in [0.1, 0.15) is 42.9 Å². The Morgan fingerprint density at radius 3 is 2.71 bits per heavy atom. The highest BCUT2D eigenvalue weighted by molar-refractivity contribution is 5.92. The minimum Gasteiger partial charge on any atom is -0.309 e. The first-order chi connectivity index (χ1) is 11.8. The van der Waals surface area contributed by atoms with Crippen LogP contribution in [-0.2, 0) is 11.2 Å². The van der Waals surface area contributed by atoms with Crippen molar-refractivity contribution in [3.8, 4) is 0 Å². The third-order valence-corrected chi connectivity index (χ3v) is 4.84. The van der Waals surface area contributed by atoms with Crippen molar-refractivity contribution in [2.75, 3.05) is 5.32 Å². The van der Waals surface area contributed by atoms with Crippen LogP contribution in [0.4, 0.5) is 5.82 Å². The van der Waals surface area contributed by atoms with E-state index < -0.39 is 0 Å². The van der Waals surface area contributed by atoms with Gasteiger partial charge in [0.2, 0.25) is 5.91 Å². The number of nitrogens with one attached hydrogen (secondary N) is 2. The van der Waals surface area contributed by atoms with Gasteiger partial charge in [-0.15, -0.1) is 0 Å². The molecule has 0 saturated heterocycles. The lowest BCUT2D eigenvalue weighted by Crippen LogP contribution is -2.14. The minimum atomic E-state index is -0.0326. The average molecular weight is 319 g/mol. The molecule has 1 aliphatic rings. The molecule has 0 spiro atoms. The van der Waals surface area contributed by atoms with Gasteiger partial charge in [0.1, 0.15) is 0 Å². The summed E-state index contributed by atoms with van der Waals surface area (Å²) in [5.74, 6) is 1.17. The van der Waals surface area contributed by atoms with Gasteiger partial charge in [-0.3, -0.25) is 9.89 Å². The molecule has 4 rings (SSSR count). The maximum Gasteiger partial charge on any atom is 0.229 e. The molecular formula is C20H21N3O. The number of aromatic nitrogens is 2. The van der Waals surface area contributed by atoms with Crippen molar-refractivity contribution in [2.45, 2.75) is 38.0 Å². The standard InChI is InChI=1S/C20H21N3O/c24-20(12-14-9-10-15-5-1-4-8-17(15)11-14)21-19-13-18(22-23-19)16-6-2-3-7-16/h1,4-5,8-11,13,16H,2-3,6-7,12H2,(H2,21,22,23,24). The Morgan fingerprint density at radius 1 is 1.08 bits per heavy atom. The second kappa shape index (κ2) is 6.48. The molecule has 0 atom stereocenters. The van der Waals surface area contributed by atoms with E-state index in [2.05, 4.69) is 39.8 Å². The van der Waals surface area contributed by atoms with Crippen molar-refractivity contribution in [1.29, 1.82) is 0 Å². The second-order valence-electron chi connectivity index (χ2n) is 6.60. The fourth-order valence-corrected chi connectivity index (χ4v) is 3.57. The van der Waals surface area contributed by atoms with E-state index in [1.54, 1.807) is 0 Å². The molecule has 24 heavy (non-hydrogen) atoms. The van der Waals surface area contributed by atoms with E-state index in [1.807, 2.05) is 24.3 Å². The molecule has 0 radical (unpaired) electrons. The second-order valence-corrected chi connectivity index (χ2v) is 6.60. The lowest BCUT2D eigenvalue weighted by Gasteiger charge is -2.05. The van der Waals surface area contributed by atoms with E-state index in [9.17, 15) is 4.79 Å². The lowest BCUT2D eigenvalue weighted by atomic mass is 10.0. The van der Waals surface area contributed by atoms with Crippen LogP contribution in [0, 0.1) is 0 Å². The number of amides is 1. The third kappa shape index (κ3) is 3.18. The van der Waals surface area contributed by atoms with Crippen molar-refractivity contribution in [3.63, 3.8) is 0 Å². The van der Waals surface area contributed by atoms with Gasteiger partial charge in [-0.25, -0.2) is 0 Å². The average Bonchev–Trinajstić information content (AvgIpc) is 3.26. The Kier molecular flexibility index (Phi) is 4.03. The van der Waals surface area contributed by atoms with Crippen LogP contribution in [0.2, 0.25) is 0 Å². The highest BCUT2D eigenvalue weighted by Gasteiger charge is 2.19. The smallest absolute Gasteiger partial charge is 0.229 e.